The second kappa shape index (κ2) is 5.54. The lowest BCUT2D eigenvalue weighted by molar-refractivity contribution is 0.415. The number of ether oxygens (including phenoxy) is 1. The number of hydrogen-bond donors (Lipinski definition) is 1. The zero-order chi connectivity index (χ0) is 15.0. The van der Waals surface area contributed by atoms with E-state index in [-0.39, 0.29) is 0 Å². The highest BCUT2D eigenvalue weighted by atomic mass is 35.5. The van der Waals surface area contributed by atoms with Crippen LogP contribution in [0.4, 0.5) is 0 Å². The highest BCUT2D eigenvalue weighted by Gasteiger charge is 2.12. The van der Waals surface area contributed by atoms with E-state index < -0.39 is 0 Å². The van der Waals surface area contributed by atoms with Crippen molar-refractivity contribution in [2.45, 2.75) is 24.0 Å². The topological polar surface area (TPSA) is 63.7 Å². The SMILES string of the molecule is COc1ccc2nc(Sc3nc(C)c(C)nc3Cl)[nH]c2c1. The first-order valence-electron chi connectivity index (χ1n) is 6.29. The number of aromatic nitrogens is 4. The van der Waals surface area contributed by atoms with Crippen molar-refractivity contribution in [1.82, 2.24) is 19.9 Å². The maximum absolute atomic E-state index is 6.14. The van der Waals surface area contributed by atoms with E-state index in [0.717, 1.165) is 33.3 Å². The zero-order valence-electron chi connectivity index (χ0n) is 11.8. The Bertz CT molecular complexity index is 818. The highest BCUT2D eigenvalue weighted by molar-refractivity contribution is 7.99. The van der Waals surface area contributed by atoms with Crippen molar-refractivity contribution in [3.63, 3.8) is 0 Å². The third-order valence-electron chi connectivity index (χ3n) is 3.10. The fourth-order valence-electron chi connectivity index (χ4n) is 1.85. The highest BCUT2D eigenvalue weighted by Crippen LogP contribution is 2.31. The van der Waals surface area contributed by atoms with Gasteiger partial charge in [0.2, 0.25) is 0 Å². The van der Waals surface area contributed by atoms with Gasteiger partial charge in [0.25, 0.3) is 0 Å². The molecule has 1 N–H and O–H groups in total. The van der Waals surface area contributed by atoms with Crippen LogP contribution in [0.3, 0.4) is 0 Å². The van der Waals surface area contributed by atoms with Crippen LogP contribution in [0.5, 0.6) is 5.75 Å². The van der Waals surface area contributed by atoms with Gasteiger partial charge in [0, 0.05) is 6.07 Å². The third kappa shape index (κ3) is 2.82. The summed E-state index contributed by atoms with van der Waals surface area (Å²) in [5, 5.41) is 1.75. The number of benzene rings is 1. The summed E-state index contributed by atoms with van der Waals surface area (Å²) in [5.41, 5.74) is 3.47. The molecule has 2 heterocycles. The van der Waals surface area contributed by atoms with Gasteiger partial charge in [0.05, 0.1) is 29.5 Å². The van der Waals surface area contributed by atoms with Gasteiger partial charge in [-0.1, -0.05) is 11.6 Å². The molecule has 0 aliphatic rings. The van der Waals surface area contributed by atoms with Crippen molar-refractivity contribution in [1.29, 1.82) is 0 Å². The van der Waals surface area contributed by atoms with Crippen molar-refractivity contribution in [3.8, 4) is 5.75 Å². The van der Waals surface area contributed by atoms with Crippen LogP contribution < -0.4 is 4.74 Å². The number of rotatable bonds is 3. The van der Waals surface area contributed by atoms with E-state index >= 15 is 0 Å². The number of hydrogen-bond acceptors (Lipinski definition) is 5. The number of nitrogens with one attached hydrogen (secondary N) is 1. The van der Waals surface area contributed by atoms with Gasteiger partial charge in [-0.2, -0.15) is 0 Å². The molecule has 0 radical (unpaired) electrons. The van der Waals surface area contributed by atoms with Crippen LogP contribution in [-0.2, 0) is 0 Å². The molecule has 0 aliphatic carbocycles. The first-order valence-corrected chi connectivity index (χ1v) is 7.48. The second-order valence-corrected chi connectivity index (χ2v) is 5.85. The van der Waals surface area contributed by atoms with Gasteiger partial charge < -0.3 is 9.72 Å². The molecule has 0 atom stereocenters. The average Bonchev–Trinajstić information content (AvgIpc) is 2.85. The molecule has 108 valence electrons. The van der Waals surface area contributed by atoms with Gasteiger partial charge in [-0.3, -0.25) is 0 Å². The van der Waals surface area contributed by atoms with E-state index in [2.05, 4.69) is 19.9 Å². The number of fused-ring (bicyclic) bond motifs is 1. The van der Waals surface area contributed by atoms with Gasteiger partial charge in [-0.25, -0.2) is 15.0 Å². The van der Waals surface area contributed by atoms with Crippen LogP contribution in [0, 0.1) is 13.8 Å². The number of nitrogens with zero attached hydrogens (tertiary/aromatic N) is 3. The predicted octanol–water partition coefficient (Wildman–Crippen LogP) is 3.78. The number of halogens is 1. The van der Waals surface area contributed by atoms with Crippen LogP contribution in [0.25, 0.3) is 11.0 Å². The fourth-order valence-corrected chi connectivity index (χ4v) is 2.94. The summed E-state index contributed by atoms with van der Waals surface area (Å²) in [5.74, 6) is 0.784. The molecule has 1 aromatic carbocycles. The van der Waals surface area contributed by atoms with Gasteiger partial charge in [0.15, 0.2) is 10.3 Å². The van der Waals surface area contributed by atoms with Crippen molar-refractivity contribution in [2.75, 3.05) is 7.11 Å². The van der Waals surface area contributed by atoms with Crippen molar-refractivity contribution in [3.05, 3.63) is 34.7 Å². The molecule has 0 spiro atoms. The molecule has 0 amide bonds. The summed E-state index contributed by atoms with van der Waals surface area (Å²) in [4.78, 5) is 16.5. The number of methoxy groups -OCH3 is 1. The Kier molecular flexibility index (Phi) is 3.73. The van der Waals surface area contributed by atoms with Crippen LogP contribution in [0.2, 0.25) is 5.15 Å². The normalized spacial score (nSPS) is 11.0. The van der Waals surface area contributed by atoms with E-state index in [9.17, 15) is 0 Å². The minimum absolute atomic E-state index is 0.390. The van der Waals surface area contributed by atoms with Gasteiger partial charge >= 0.3 is 0 Å². The molecule has 0 aliphatic heterocycles. The molecule has 7 heteroatoms. The van der Waals surface area contributed by atoms with E-state index in [1.807, 2.05) is 32.0 Å². The van der Waals surface area contributed by atoms with E-state index in [4.69, 9.17) is 16.3 Å². The molecule has 5 nitrogen and oxygen atoms in total. The summed E-state index contributed by atoms with van der Waals surface area (Å²) >= 11 is 7.50. The first-order chi connectivity index (χ1) is 10.1. The molecule has 0 bridgehead atoms. The van der Waals surface area contributed by atoms with E-state index in [1.54, 1.807) is 7.11 Å². The van der Waals surface area contributed by atoms with Crippen LogP contribution in [0.15, 0.2) is 28.4 Å². The van der Waals surface area contributed by atoms with Gasteiger partial charge in [0.1, 0.15) is 10.8 Å². The summed E-state index contributed by atoms with van der Waals surface area (Å²) in [6, 6.07) is 5.68. The maximum Gasteiger partial charge on any atom is 0.172 e. The monoisotopic (exact) mass is 320 g/mol. The molecule has 2 aromatic heterocycles. The number of aromatic amines is 1. The van der Waals surface area contributed by atoms with E-state index in [0.29, 0.717) is 10.2 Å². The van der Waals surface area contributed by atoms with Crippen LogP contribution in [0.1, 0.15) is 11.4 Å². The smallest absolute Gasteiger partial charge is 0.172 e. The Morgan fingerprint density at radius 1 is 1.14 bits per heavy atom. The standard InChI is InChI=1S/C14H13ClN4OS/c1-7-8(2)17-13(12(15)16-7)21-14-18-10-5-4-9(20-3)6-11(10)19-14/h4-6H,1-3H3,(H,18,19). The Morgan fingerprint density at radius 2 is 1.90 bits per heavy atom. The number of imidazole rings is 1. The maximum atomic E-state index is 6.14. The Hall–Kier alpha value is -1.79. The molecule has 3 rings (SSSR count). The summed E-state index contributed by atoms with van der Waals surface area (Å²) < 4.78 is 5.20. The van der Waals surface area contributed by atoms with Gasteiger partial charge in [-0.05, 0) is 37.7 Å². The minimum atomic E-state index is 0.390. The summed E-state index contributed by atoms with van der Waals surface area (Å²) in [6.45, 7) is 3.79. The van der Waals surface area contributed by atoms with E-state index in [1.165, 1.54) is 11.8 Å². The Morgan fingerprint density at radius 3 is 2.67 bits per heavy atom. The van der Waals surface area contributed by atoms with Crippen molar-refractivity contribution in [2.24, 2.45) is 0 Å². The zero-order valence-corrected chi connectivity index (χ0v) is 13.3. The lowest BCUT2D eigenvalue weighted by Crippen LogP contribution is -1.95. The minimum Gasteiger partial charge on any atom is -0.497 e. The Balaban J connectivity index is 1.96. The molecule has 3 aromatic rings. The lowest BCUT2D eigenvalue weighted by Gasteiger charge is -2.04. The predicted molar refractivity (Wildman–Crippen MR) is 83.3 cm³/mol. The molecule has 0 fully saturated rings. The van der Waals surface area contributed by atoms with Crippen LogP contribution >= 0.6 is 23.4 Å². The molecule has 0 unspecified atom stereocenters. The Labute approximate surface area is 131 Å². The number of H-pyrrole nitrogens is 1. The molecule has 0 saturated carbocycles. The second-order valence-electron chi connectivity index (χ2n) is 4.52. The molecular formula is C14H13ClN4OS. The quantitative estimate of drug-likeness (QED) is 0.795. The first kappa shape index (κ1) is 14.2. The molecule has 0 saturated heterocycles. The van der Waals surface area contributed by atoms with Crippen molar-refractivity contribution >= 4 is 34.4 Å². The fraction of sp³-hybridized carbons (Fsp3) is 0.214. The van der Waals surface area contributed by atoms with Crippen LogP contribution in [-0.4, -0.2) is 27.0 Å². The third-order valence-corrected chi connectivity index (χ3v) is 4.34. The molecular weight excluding hydrogens is 308 g/mol. The van der Waals surface area contributed by atoms with Gasteiger partial charge in [-0.15, -0.1) is 0 Å². The number of aryl methyl sites for hydroxylation is 2. The largest absolute Gasteiger partial charge is 0.497 e. The summed E-state index contributed by atoms with van der Waals surface area (Å²) in [6.07, 6.45) is 0. The average molecular weight is 321 g/mol. The van der Waals surface area contributed by atoms with Crippen molar-refractivity contribution < 1.29 is 4.74 Å². The lowest BCUT2D eigenvalue weighted by atomic mass is 10.3. The summed E-state index contributed by atoms with van der Waals surface area (Å²) in [7, 11) is 1.64. The molecule has 21 heavy (non-hydrogen) atoms.